The lowest BCUT2D eigenvalue weighted by Gasteiger charge is -2.22. The van der Waals surface area contributed by atoms with Gasteiger partial charge in [0.1, 0.15) is 5.82 Å². The lowest BCUT2D eigenvalue weighted by atomic mass is 10.2. The summed E-state index contributed by atoms with van der Waals surface area (Å²) in [6.45, 7) is 2.18. The van der Waals surface area contributed by atoms with Gasteiger partial charge in [-0.2, -0.15) is 11.8 Å². The smallest absolute Gasteiger partial charge is 0.339 e. The first-order valence-corrected chi connectivity index (χ1v) is 7.42. The van der Waals surface area contributed by atoms with Crippen LogP contribution in [0.3, 0.4) is 0 Å². The predicted octanol–water partition coefficient (Wildman–Crippen LogP) is 2.57. The van der Waals surface area contributed by atoms with Gasteiger partial charge in [-0.25, -0.2) is 9.78 Å². The van der Waals surface area contributed by atoms with Crippen molar-refractivity contribution in [2.24, 2.45) is 0 Å². The molecule has 2 rings (SSSR count). The summed E-state index contributed by atoms with van der Waals surface area (Å²) in [5.41, 5.74) is 0.500. The van der Waals surface area contributed by atoms with Gasteiger partial charge in [0, 0.05) is 18.0 Å². The molecule has 5 heteroatoms. The molecule has 1 unspecified atom stereocenters. The molecular formula is C13H18N2O2S. The van der Waals surface area contributed by atoms with Crippen molar-refractivity contribution in [1.29, 1.82) is 0 Å². The molecule has 0 amide bonds. The fourth-order valence-corrected chi connectivity index (χ4v) is 2.95. The van der Waals surface area contributed by atoms with Crippen LogP contribution in [0, 0.1) is 0 Å². The van der Waals surface area contributed by atoms with Gasteiger partial charge in [0.25, 0.3) is 0 Å². The molecule has 1 aromatic rings. The van der Waals surface area contributed by atoms with Crippen LogP contribution in [-0.2, 0) is 4.74 Å². The number of carbonyl (C=O) groups is 1. The molecule has 98 valence electrons. The molecule has 0 bridgehead atoms. The molecule has 1 aliphatic rings. The first kappa shape index (κ1) is 13.2. The number of thioether (sulfide) groups is 1. The summed E-state index contributed by atoms with van der Waals surface area (Å²) in [4.78, 5) is 15.7. The highest BCUT2D eigenvalue weighted by Crippen LogP contribution is 2.20. The zero-order valence-electron chi connectivity index (χ0n) is 10.5. The molecule has 0 aliphatic carbocycles. The van der Waals surface area contributed by atoms with Gasteiger partial charge in [0.15, 0.2) is 0 Å². The predicted molar refractivity (Wildman–Crippen MR) is 74.2 cm³/mol. The molecule has 1 aromatic heterocycles. The molecule has 18 heavy (non-hydrogen) atoms. The van der Waals surface area contributed by atoms with E-state index in [0.29, 0.717) is 18.2 Å². The Balaban J connectivity index is 1.92. The third-order valence-electron chi connectivity index (χ3n) is 2.79. The third-order valence-corrected chi connectivity index (χ3v) is 4.00. The van der Waals surface area contributed by atoms with Gasteiger partial charge in [0.05, 0.1) is 12.2 Å². The van der Waals surface area contributed by atoms with E-state index in [1.807, 2.05) is 17.8 Å². The first-order chi connectivity index (χ1) is 8.79. The number of ether oxygens (including phenoxy) is 1. The van der Waals surface area contributed by atoms with Gasteiger partial charge >= 0.3 is 5.97 Å². The van der Waals surface area contributed by atoms with Crippen LogP contribution in [0.1, 0.15) is 30.1 Å². The number of nitrogens with zero attached hydrogens (tertiary/aromatic N) is 1. The van der Waals surface area contributed by atoms with Crippen molar-refractivity contribution < 1.29 is 9.53 Å². The van der Waals surface area contributed by atoms with Crippen LogP contribution >= 0.6 is 11.8 Å². The fourth-order valence-electron chi connectivity index (χ4n) is 1.88. The summed E-state index contributed by atoms with van der Waals surface area (Å²) >= 11 is 1.97. The van der Waals surface area contributed by atoms with Crippen molar-refractivity contribution in [3.8, 4) is 0 Å². The van der Waals surface area contributed by atoms with Gasteiger partial charge in [-0.1, -0.05) is 0 Å². The van der Waals surface area contributed by atoms with Gasteiger partial charge < -0.3 is 10.1 Å². The number of hydrogen-bond donors (Lipinski definition) is 1. The van der Waals surface area contributed by atoms with Crippen LogP contribution in [-0.4, -0.2) is 35.1 Å². The number of nitrogens with one attached hydrogen (secondary N) is 1. The quantitative estimate of drug-likeness (QED) is 0.849. The maximum Gasteiger partial charge on any atom is 0.339 e. The van der Waals surface area contributed by atoms with Crippen LogP contribution in [0.2, 0.25) is 0 Å². The van der Waals surface area contributed by atoms with E-state index in [1.165, 1.54) is 18.6 Å². The Labute approximate surface area is 112 Å². The van der Waals surface area contributed by atoms with Crippen molar-refractivity contribution in [3.05, 3.63) is 23.9 Å². The second-order valence-electron chi connectivity index (χ2n) is 4.21. The highest BCUT2D eigenvalue weighted by molar-refractivity contribution is 7.99. The largest absolute Gasteiger partial charge is 0.462 e. The molecule has 2 heterocycles. The number of hydrogen-bond acceptors (Lipinski definition) is 5. The van der Waals surface area contributed by atoms with E-state index in [4.69, 9.17) is 4.74 Å². The van der Waals surface area contributed by atoms with E-state index >= 15 is 0 Å². The average molecular weight is 266 g/mol. The SMILES string of the molecule is CCOC(=O)c1ccc(NC2CCCSC2)nc1. The number of pyridine rings is 1. The zero-order valence-corrected chi connectivity index (χ0v) is 11.3. The number of carbonyl (C=O) groups excluding carboxylic acids is 1. The molecule has 0 aromatic carbocycles. The summed E-state index contributed by atoms with van der Waals surface area (Å²) in [6, 6.07) is 4.08. The molecule has 0 saturated carbocycles. The molecule has 1 saturated heterocycles. The van der Waals surface area contributed by atoms with Gasteiger partial charge in [-0.05, 0) is 37.7 Å². The van der Waals surface area contributed by atoms with Crippen molar-refractivity contribution >= 4 is 23.5 Å². The molecule has 4 nitrogen and oxygen atoms in total. The summed E-state index contributed by atoms with van der Waals surface area (Å²) in [5, 5.41) is 3.39. The number of aromatic nitrogens is 1. The van der Waals surface area contributed by atoms with Crippen molar-refractivity contribution in [2.75, 3.05) is 23.4 Å². The number of rotatable bonds is 4. The van der Waals surface area contributed by atoms with E-state index in [0.717, 1.165) is 11.6 Å². The summed E-state index contributed by atoms with van der Waals surface area (Å²) in [5.74, 6) is 2.90. The molecule has 1 N–H and O–H groups in total. The molecule has 0 radical (unpaired) electrons. The Bertz CT molecular complexity index is 388. The monoisotopic (exact) mass is 266 g/mol. The minimum atomic E-state index is -0.315. The maximum absolute atomic E-state index is 11.5. The number of esters is 1. The standard InChI is InChI=1S/C13H18N2O2S/c1-2-17-13(16)10-5-6-12(14-8-10)15-11-4-3-7-18-9-11/h5-6,8,11H,2-4,7,9H2,1H3,(H,14,15). The Morgan fingerprint density at radius 2 is 2.50 bits per heavy atom. The Hall–Kier alpha value is -1.23. The summed E-state index contributed by atoms with van der Waals surface area (Å²) in [6.07, 6.45) is 4.01. The van der Waals surface area contributed by atoms with Crippen LogP contribution in [0.5, 0.6) is 0 Å². The van der Waals surface area contributed by atoms with E-state index < -0.39 is 0 Å². The Kier molecular flexibility index (Phi) is 4.87. The Morgan fingerprint density at radius 1 is 1.61 bits per heavy atom. The first-order valence-electron chi connectivity index (χ1n) is 6.27. The third kappa shape index (κ3) is 3.63. The van der Waals surface area contributed by atoms with Crippen molar-refractivity contribution in [2.45, 2.75) is 25.8 Å². The van der Waals surface area contributed by atoms with Gasteiger partial charge in [-0.15, -0.1) is 0 Å². The van der Waals surface area contributed by atoms with Gasteiger partial charge in [0.2, 0.25) is 0 Å². The molecule has 1 aliphatic heterocycles. The molecule has 1 fully saturated rings. The maximum atomic E-state index is 11.5. The molecular weight excluding hydrogens is 248 g/mol. The van der Waals surface area contributed by atoms with Crippen LogP contribution in [0.15, 0.2) is 18.3 Å². The normalized spacial score (nSPS) is 19.3. The van der Waals surface area contributed by atoms with Gasteiger partial charge in [-0.3, -0.25) is 0 Å². The van der Waals surface area contributed by atoms with E-state index in [1.54, 1.807) is 19.2 Å². The summed E-state index contributed by atoms with van der Waals surface area (Å²) < 4.78 is 4.92. The molecule has 0 spiro atoms. The highest BCUT2D eigenvalue weighted by atomic mass is 32.2. The van der Waals surface area contributed by atoms with Crippen LogP contribution in [0.25, 0.3) is 0 Å². The average Bonchev–Trinajstić information content (AvgIpc) is 2.41. The molecule has 1 atom stereocenters. The minimum absolute atomic E-state index is 0.315. The van der Waals surface area contributed by atoms with Crippen molar-refractivity contribution in [1.82, 2.24) is 4.98 Å². The van der Waals surface area contributed by atoms with E-state index in [9.17, 15) is 4.79 Å². The second-order valence-corrected chi connectivity index (χ2v) is 5.36. The number of anilines is 1. The van der Waals surface area contributed by atoms with Crippen LogP contribution in [0.4, 0.5) is 5.82 Å². The topological polar surface area (TPSA) is 51.2 Å². The Morgan fingerprint density at radius 3 is 3.11 bits per heavy atom. The second kappa shape index (κ2) is 6.64. The van der Waals surface area contributed by atoms with Crippen LogP contribution < -0.4 is 5.32 Å². The minimum Gasteiger partial charge on any atom is -0.462 e. The fraction of sp³-hybridized carbons (Fsp3) is 0.538. The zero-order chi connectivity index (χ0) is 12.8. The van der Waals surface area contributed by atoms with Crippen molar-refractivity contribution in [3.63, 3.8) is 0 Å². The van der Waals surface area contributed by atoms with E-state index in [2.05, 4.69) is 10.3 Å². The lowest BCUT2D eigenvalue weighted by molar-refractivity contribution is 0.0526. The summed E-state index contributed by atoms with van der Waals surface area (Å²) in [7, 11) is 0. The highest BCUT2D eigenvalue weighted by Gasteiger charge is 2.14. The van der Waals surface area contributed by atoms with E-state index in [-0.39, 0.29) is 5.97 Å². The lowest BCUT2D eigenvalue weighted by Crippen LogP contribution is -2.26.